The summed E-state index contributed by atoms with van der Waals surface area (Å²) in [5.41, 5.74) is 2.27. The summed E-state index contributed by atoms with van der Waals surface area (Å²) in [6.07, 6.45) is 6.49. The van der Waals surface area contributed by atoms with Crippen LogP contribution >= 0.6 is 0 Å². The number of ether oxygens (including phenoxy) is 2. The third kappa shape index (κ3) is 2.02. The molecule has 1 saturated heterocycles. The molecule has 3 rings (SSSR count). The SMILES string of the molecule is Cn1ccc(C2=CCC3(CC2)OCCO3)cc1=O. The Morgan fingerprint density at radius 2 is 2.11 bits per heavy atom. The molecule has 1 fully saturated rings. The van der Waals surface area contributed by atoms with Gasteiger partial charge in [0.25, 0.3) is 5.56 Å². The lowest BCUT2D eigenvalue weighted by Gasteiger charge is -2.30. The molecule has 2 aliphatic rings. The van der Waals surface area contributed by atoms with E-state index in [0.29, 0.717) is 13.2 Å². The van der Waals surface area contributed by atoms with Crippen LogP contribution in [0.3, 0.4) is 0 Å². The molecule has 0 amide bonds. The van der Waals surface area contributed by atoms with Gasteiger partial charge in [-0.3, -0.25) is 4.79 Å². The number of nitrogens with zero attached hydrogens (tertiary/aromatic N) is 1. The summed E-state index contributed by atoms with van der Waals surface area (Å²) >= 11 is 0. The molecule has 0 atom stereocenters. The van der Waals surface area contributed by atoms with Crippen molar-refractivity contribution in [3.05, 3.63) is 40.3 Å². The van der Waals surface area contributed by atoms with Gasteiger partial charge in [-0.1, -0.05) is 6.08 Å². The van der Waals surface area contributed by atoms with Crippen LogP contribution in [-0.2, 0) is 16.5 Å². The Balaban J connectivity index is 1.84. The molecule has 0 N–H and O–H groups in total. The zero-order valence-electron chi connectivity index (χ0n) is 10.5. The monoisotopic (exact) mass is 247 g/mol. The molecule has 1 spiro atoms. The molecule has 1 aliphatic heterocycles. The van der Waals surface area contributed by atoms with Crippen molar-refractivity contribution in [3.63, 3.8) is 0 Å². The Hall–Kier alpha value is -1.39. The maximum absolute atomic E-state index is 11.6. The molecule has 4 nitrogen and oxygen atoms in total. The van der Waals surface area contributed by atoms with Gasteiger partial charge in [0.1, 0.15) is 0 Å². The molecule has 96 valence electrons. The first-order valence-electron chi connectivity index (χ1n) is 6.33. The first-order valence-corrected chi connectivity index (χ1v) is 6.33. The third-order valence-corrected chi connectivity index (χ3v) is 3.72. The van der Waals surface area contributed by atoms with E-state index in [0.717, 1.165) is 24.8 Å². The van der Waals surface area contributed by atoms with Gasteiger partial charge >= 0.3 is 0 Å². The van der Waals surface area contributed by atoms with Crippen LogP contribution in [0.1, 0.15) is 24.8 Å². The number of allylic oxidation sites excluding steroid dienone is 1. The van der Waals surface area contributed by atoms with E-state index in [9.17, 15) is 4.79 Å². The van der Waals surface area contributed by atoms with Crippen molar-refractivity contribution < 1.29 is 9.47 Å². The van der Waals surface area contributed by atoms with Gasteiger partial charge in [-0.15, -0.1) is 0 Å². The second-order valence-corrected chi connectivity index (χ2v) is 4.91. The second kappa shape index (κ2) is 4.37. The molecule has 1 aromatic rings. The molecule has 0 aromatic carbocycles. The molecule has 4 heteroatoms. The van der Waals surface area contributed by atoms with E-state index in [1.165, 1.54) is 5.57 Å². The third-order valence-electron chi connectivity index (χ3n) is 3.72. The largest absolute Gasteiger partial charge is 0.347 e. The minimum Gasteiger partial charge on any atom is -0.347 e. The van der Waals surface area contributed by atoms with Gasteiger partial charge in [-0.2, -0.15) is 0 Å². The van der Waals surface area contributed by atoms with E-state index >= 15 is 0 Å². The lowest BCUT2D eigenvalue weighted by Crippen LogP contribution is -2.31. The number of aromatic nitrogens is 1. The summed E-state index contributed by atoms with van der Waals surface area (Å²) in [7, 11) is 1.76. The summed E-state index contributed by atoms with van der Waals surface area (Å²) in [5, 5.41) is 0. The normalized spacial score (nSPS) is 22.2. The van der Waals surface area contributed by atoms with Crippen molar-refractivity contribution in [2.45, 2.75) is 25.0 Å². The highest BCUT2D eigenvalue weighted by Crippen LogP contribution is 2.37. The molecular weight excluding hydrogens is 230 g/mol. The Bertz CT molecular complexity index is 538. The fourth-order valence-corrected chi connectivity index (χ4v) is 2.58. The van der Waals surface area contributed by atoms with E-state index < -0.39 is 0 Å². The van der Waals surface area contributed by atoms with Gasteiger partial charge in [-0.05, 0) is 23.6 Å². The molecule has 18 heavy (non-hydrogen) atoms. The van der Waals surface area contributed by atoms with E-state index in [4.69, 9.17) is 9.47 Å². The molecule has 0 bridgehead atoms. The lowest BCUT2D eigenvalue weighted by molar-refractivity contribution is -0.159. The van der Waals surface area contributed by atoms with Crippen molar-refractivity contribution in [2.75, 3.05) is 13.2 Å². The zero-order chi connectivity index (χ0) is 12.6. The van der Waals surface area contributed by atoms with E-state index in [1.54, 1.807) is 17.7 Å². The van der Waals surface area contributed by atoms with Crippen LogP contribution < -0.4 is 5.56 Å². The van der Waals surface area contributed by atoms with Crippen molar-refractivity contribution >= 4 is 5.57 Å². The maximum atomic E-state index is 11.6. The fourth-order valence-electron chi connectivity index (χ4n) is 2.58. The Labute approximate surface area is 106 Å². The molecule has 0 saturated carbocycles. The summed E-state index contributed by atoms with van der Waals surface area (Å²) < 4.78 is 12.9. The quantitative estimate of drug-likeness (QED) is 0.758. The summed E-state index contributed by atoms with van der Waals surface area (Å²) in [4.78, 5) is 11.6. The highest BCUT2D eigenvalue weighted by atomic mass is 16.7. The first kappa shape index (κ1) is 11.7. The zero-order valence-corrected chi connectivity index (χ0v) is 10.5. The maximum Gasteiger partial charge on any atom is 0.250 e. The summed E-state index contributed by atoms with van der Waals surface area (Å²) in [6.45, 7) is 1.38. The second-order valence-electron chi connectivity index (χ2n) is 4.91. The van der Waals surface area contributed by atoms with Crippen LogP contribution in [0.15, 0.2) is 29.2 Å². The van der Waals surface area contributed by atoms with Crippen LogP contribution in [0.4, 0.5) is 0 Å². The summed E-state index contributed by atoms with van der Waals surface area (Å²) in [5.74, 6) is -0.386. The van der Waals surface area contributed by atoms with Crippen molar-refractivity contribution in [2.24, 2.45) is 7.05 Å². The van der Waals surface area contributed by atoms with Crippen molar-refractivity contribution in [3.8, 4) is 0 Å². The van der Waals surface area contributed by atoms with Crippen LogP contribution in [0.25, 0.3) is 5.57 Å². The lowest BCUT2D eigenvalue weighted by atomic mass is 9.90. The molecule has 2 heterocycles. The summed E-state index contributed by atoms with van der Waals surface area (Å²) in [6, 6.07) is 3.68. The van der Waals surface area contributed by atoms with Gasteiger partial charge in [0.05, 0.1) is 13.2 Å². The number of rotatable bonds is 1. The van der Waals surface area contributed by atoms with E-state index in [-0.39, 0.29) is 11.3 Å². The molecule has 0 radical (unpaired) electrons. The highest BCUT2D eigenvalue weighted by Gasteiger charge is 2.37. The van der Waals surface area contributed by atoms with E-state index in [1.807, 2.05) is 12.3 Å². The van der Waals surface area contributed by atoms with Gasteiger partial charge in [0.15, 0.2) is 5.79 Å². The Morgan fingerprint density at radius 1 is 1.33 bits per heavy atom. The van der Waals surface area contributed by atoms with Crippen LogP contribution in [0.5, 0.6) is 0 Å². The van der Waals surface area contributed by atoms with Crippen molar-refractivity contribution in [1.82, 2.24) is 4.57 Å². The standard InChI is InChI=1S/C14H17NO3/c1-15-7-4-12(10-13(15)16)11-2-5-14(6-3-11)17-8-9-18-14/h2,4,7,10H,3,5-6,8-9H2,1H3. The number of aryl methyl sites for hydroxylation is 1. The number of hydrogen-bond acceptors (Lipinski definition) is 3. The highest BCUT2D eigenvalue weighted by molar-refractivity contribution is 5.66. The molecule has 0 unspecified atom stereocenters. The van der Waals surface area contributed by atoms with Gasteiger partial charge in [0.2, 0.25) is 0 Å². The van der Waals surface area contributed by atoms with Crippen LogP contribution in [0, 0.1) is 0 Å². The average Bonchev–Trinajstić information content (AvgIpc) is 2.82. The molecular formula is C14H17NO3. The number of hydrogen-bond donors (Lipinski definition) is 0. The first-order chi connectivity index (χ1) is 8.69. The average molecular weight is 247 g/mol. The Kier molecular flexibility index (Phi) is 2.84. The van der Waals surface area contributed by atoms with Gasteiger partial charge in [-0.25, -0.2) is 0 Å². The van der Waals surface area contributed by atoms with Crippen molar-refractivity contribution in [1.29, 1.82) is 0 Å². The topological polar surface area (TPSA) is 40.5 Å². The minimum absolute atomic E-state index is 0.0297. The van der Waals surface area contributed by atoms with E-state index in [2.05, 4.69) is 6.08 Å². The minimum atomic E-state index is -0.386. The smallest absolute Gasteiger partial charge is 0.250 e. The molecule has 1 aromatic heterocycles. The Morgan fingerprint density at radius 3 is 2.72 bits per heavy atom. The van der Waals surface area contributed by atoms with Crippen LogP contribution in [-0.4, -0.2) is 23.6 Å². The molecule has 1 aliphatic carbocycles. The predicted octanol–water partition coefficient (Wildman–Crippen LogP) is 1.70. The fraction of sp³-hybridized carbons (Fsp3) is 0.500. The van der Waals surface area contributed by atoms with Gasteiger partial charge < -0.3 is 14.0 Å². The van der Waals surface area contributed by atoms with Crippen LogP contribution in [0.2, 0.25) is 0 Å². The van der Waals surface area contributed by atoms with Gasteiger partial charge in [0, 0.05) is 32.2 Å². The predicted molar refractivity (Wildman–Crippen MR) is 68.1 cm³/mol. The number of pyridine rings is 1.